The van der Waals surface area contributed by atoms with Crippen molar-refractivity contribution in [2.24, 2.45) is 0 Å². The van der Waals surface area contributed by atoms with Gasteiger partial charge in [-0.2, -0.15) is 0 Å². The Morgan fingerprint density at radius 2 is 1.73 bits per heavy atom. The lowest BCUT2D eigenvalue weighted by Crippen LogP contribution is -1.89. The van der Waals surface area contributed by atoms with Crippen molar-refractivity contribution >= 4 is 22.4 Å². The SMILES string of the molecule is COc1cccc2c(C(C)Cl)cccc12. The number of hydrogen-bond acceptors (Lipinski definition) is 1. The molecule has 0 bridgehead atoms. The largest absolute Gasteiger partial charge is 0.496 e. The normalized spacial score (nSPS) is 12.7. The second-order valence-electron chi connectivity index (χ2n) is 3.52. The monoisotopic (exact) mass is 220 g/mol. The van der Waals surface area contributed by atoms with Crippen LogP contribution in [0.5, 0.6) is 5.75 Å². The summed E-state index contributed by atoms with van der Waals surface area (Å²) in [5, 5.41) is 2.30. The molecule has 78 valence electrons. The zero-order valence-electron chi connectivity index (χ0n) is 8.83. The minimum Gasteiger partial charge on any atom is -0.496 e. The van der Waals surface area contributed by atoms with E-state index < -0.39 is 0 Å². The minimum atomic E-state index is 0.0146. The van der Waals surface area contributed by atoms with Crippen molar-refractivity contribution in [3.63, 3.8) is 0 Å². The third-order valence-electron chi connectivity index (χ3n) is 2.56. The highest BCUT2D eigenvalue weighted by Gasteiger charge is 2.08. The molecule has 2 rings (SSSR count). The van der Waals surface area contributed by atoms with Crippen LogP contribution in [0.3, 0.4) is 0 Å². The second kappa shape index (κ2) is 4.11. The molecule has 1 nitrogen and oxygen atoms in total. The Morgan fingerprint density at radius 1 is 1.07 bits per heavy atom. The number of benzene rings is 2. The van der Waals surface area contributed by atoms with Crippen LogP contribution in [0.15, 0.2) is 36.4 Å². The number of hydrogen-bond donors (Lipinski definition) is 0. The maximum atomic E-state index is 6.14. The Bertz CT molecular complexity index is 477. The van der Waals surface area contributed by atoms with Crippen LogP contribution in [0.2, 0.25) is 0 Å². The van der Waals surface area contributed by atoms with Gasteiger partial charge in [0.05, 0.1) is 12.5 Å². The second-order valence-corrected chi connectivity index (χ2v) is 4.17. The van der Waals surface area contributed by atoms with Crippen molar-refractivity contribution in [1.29, 1.82) is 0 Å². The number of ether oxygens (including phenoxy) is 1. The van der Waals surface area contributed by atoms with Crippen molar-refractivity contribution in [2.75, 3.05) is 7.11 Å². The molecule has 0 aliphatic rings. The Kier molecular flexibility index (Phi) is 2.83. The van der Waals surface area contributed by atoms with Crippen molar-refractivity contribution < 1.29 is 4.74 Å². The summed E-state index contributed by atoms with van der Waals surface area (Å²) < 4.78 is 5.32. The molecular weight excluding hydrogens is 208 g/mol. The summed E-state index contributed by atoms with van der Waals surface area (Å²) >= 11 is 6.14. The number of halogens is 1. The highest BCUT2D eigenvalue weighted by atomic mass is 35.5. The van der Waals surface area contributed by atoms with Crippen molar-refractivity contribution in [2.45, 2.75) is 12.3 Å². The van der Waals surface area contributed by atoms with Gasteiger partial charge in [-0.15, -0.1) is 11.6 Å². The molecule has 0 fully saturated rings. The smallest absolute Gasteiger partial charge is 0.126 e. The molecule has 15 heavy (non-hydrogen) atoms. The van der Waals surface area contributed by atoms with Gasteiger partial charge < -0.3 is 4.74 Å². The molecule has 0 aliphatic carbocycles. The zero-order valence-corrected chi connectivity index (χ0v) is 9.58. The molecule has 0 aromatic heterocycles. The van der Waals surface area contributed by atoms with Crippen molar-refractivity contribution in [3.05, 3.63) is 42.0 Å². The Hall–Kier alpha value is -1.21. The van der Waals surface area contributed by atoms with Crippen LogP contribution in [0.4, 0.5) is 0 Å². The van der Waals surface area contributed by atoms with Crippen LogP contribution in [-0.4, -0.2) is 7.11 Å². The van der Waals surface area contributed by atoms with E-state index in [1.165, 1.54) is 5.39 Å². The molecule has 2 aromatic carbocycles. The van der Waals surface area contributed by atoms with E-state index in [-0.39, 0.29) is 5.38 Å². The molecule has 1 unspecified atom stereocenters. The van der Waals surface area contributed by atoms with Gasteiger partial charge >= 0.3 is 0 Å². The standard InChI is InChI=1S/C13H13ClO/c1-9(14)10-5-3-7-12-11(10)6-4-8-13(12)15-2/h3-9H,1-2H3. The summed E-state index contributed by atoms with van der Waals surface area (Å²) in [7, 11) is 1.69. The van der Waals surface area contributed by atoms with Crippen LogP contribution in [-0.2, 0) is 0 Å². The van der Waals surface area contributed by atoms with Crippen molar-refractivity contribution in [1.82, 2.24) is 0 Å². The molecule has 1 atom stereocenters. The zero-order chi connectivity index (χ0) is 10.8. The summed E-state index contributed by atoms with van der Waals surface area (Å²) in [5.74, 6) is 0.895. The van der Waals surface area contributed by atoms with E-state index in [4.69, 9.17) is 16.3 Å². The summed E-state index contributed by atoms with van der Waals surface area (Å²) in [6, 6.07) is 12.1. The van der Waals surface area contributed by atoms with Crippen LogP contribution < -0.4 is 4.74 Å². The number of fused-ring (bicyclic) bond motifs is 1. The topological polar surface area (TPSA) is 9.23 Å². The van der Waals surface area contributed by atoms with Gasteiger partial charge in [0.2, 0.25) is 0 Å². The van der Waals surface area contributed by atoms with Gasteiger partial charge in [0, 0.05) is 5.39 Å². The highest BCUT2D eigenvalue weighted by Crippen LogP contribution is 2.32. The van der Waals surface area contributed by atoms with Gasteiger partial charge in [0.25, 0.3) is 0 Å². The average Bonchev–Trinajstić information content (AvgIpc) is 2.27. The summed E-state index contributed by atoms with van der Waals surface area (Å²) in [4.78, 5) is 0. The average molecular weight is 221 g/mol. The van der Waals surface area contributed by atoms with E-state index in [9.17, 15) is 0 Å². The number of alkyl halides is 1. The highest BCUT2D eigenvalue weighted by molar-refractivity contribution is 6.21. The fraction of sp³-hybridized carbons (Fsp3) is 0.231. The molecule has 0 saturated carbocycles. The lowest BCUT2D eigenvalue weighted by molar-refractivity contribution is 0.420. The van der Waals surface area contributed by atoms with Gasteiger partial charge in [0.15, 0.2) is 0 Å². The van der Waals surface area contributed by atoms with Crippen LogP contribution in [0, 0.1) is 0 Å². The molecular formula is C13H13ClO. The van der Waals surface area contributed by atoms with E-state index in [2.05, 4.69) is 18.2 Å². The van der Waals surface area contributed by atoms with Gasteiger partial charge in [-0.1, -0.05) is 30.3 Å². The van der Waals surface area contributed by atoms with Crippen LogP contribution in [0.25, 0.3) is 10.8 Å². The third-order valence-corrected chi connectivity index (χ3v) is 2.80. The molecule has 2 heteroatoms. The molecule has 0 heterocycles. The summed E-state index contributed by atoms with van der Waals surface area (Å²) in [6.45, 7) is 1.98. The van der Waals surface area contributed by atoms with Gasteiger partial charge in [-0.25, -0.2) is 0 Å². The van der Waals surface area contributed by atoms with E-state index in [1.54, 1.807) is 7.11 Å². The molecule has 0 amide bonds. The van der Waals surface area contributed by atoms with Gasteiger partial charge in [-0.05, 0) is 23.9 Å². The van der Waals surface area contributed by atoms with E-state index in [0.717, 1.165) is 16.7 Å². The molecule has 0 spiro atoms. The molecule has 0 radical (unpaired) electrons. The van der Waals surface area contributed by atoms with Crippen LogP contribution in [0.1, 0.15) is 17.9 Å². The lowest BCUT2D eigenvalue weighted by Gasteiger charge is -2.10. The van der Waals surface area contributed by atoms with E-state index >= 15 is 0 Å². The Morgan fingerprint density at radius 3 is 2.40 bits per heavy atom. The van der Waals surface area contributed by atoms with Gasteiger partial charge in [-0.3, -0.25) is 0 Å². The van der Waals surface area contributed by atoms with E-state index in [1.807, 2.05) is 25.1 Å². The first-order valence-electron chi connectivity index (χ1n) is 4.93. The van der Waals surface area contributed by atoms with Gasteiger partial charge in [0.1, 0.15) is 5.75 Å². The summed E-state index contributed by atoms with van der Waals surface area (Å²) in [5.41, 5.74) is 1.15. The molecule has 0 N–H and O–H groups in total. The molecule has 2 aromatic rings. The van der Waals surface area contributed by atoms with E-state index in [0.29, 0.717) is 0 Å². The first-order chi connectivity index (χ1) is 7.24. The number of rotatable bonds is 2. The number of methoxy groups -OCH3 is 1. The predicted octanol–water partition coefficient (Wildman–Crippen LogP) is 4.15. The fourth-order valence-corrected chi connectivity index (χ4v) is 2.02. The van der Waals surface area contributed by atoms with Crippen molar-refractivity contribution in [3.8, 4) is 5.75 Å². The quantitative estimate of drug-likeness (QED) is 0.691. The maximum Gasteiger partial charge on any atom is 0.126 e. The third kappa shape index (κ3) is 1.80. The minimum absolute atomic E-state index is 0.0146. The van der Waals surface area contributed by atoms with Crippen LogP contribution >= 0.6 is 11.6 Å². The first kappa shape index (κ1) is 10.3. The molecule has 0 aliphatic heterocycles. The Labute approximate surface area is 94.6 Å². The molecule has 0 saturated heterocycles. The lowest BCUT2D eigenvalue weighted by atomic mass is 10.0. The first-order valence-corrected chi connectivity index (χ1v) is 5.37. The maximum absolute atomic E-state index is 6.14. The summed E-state index contributed by atoms with van der Waals surface area (Å²) in [6.07, 6.45) is 0. The fourth-order valence-electron chi connectivity index (χ4n) is 1.83. The Balaban J connectivity index is 2.76. The predicted molar refractivity (Wildman–Crippen MR) is 64.8 cm³/mol.